The van der Waals surface area contributed by atoms with Gasteiger partial charge in [-0.15, -0.1) is 0 Å². The number of hydrogen-bond donors (Lipinski definition) is 3. The summed E-state index contributed by atoms with van der Waals surface area (Å²) in [7, 11) is 1.75. The molecule has 0 saturated heterocycles. The predicted molar refractivity (Wildman–Crippen MR) is 84.6 cm³/mol. The molecule has 1 aromatic carbocycles. The Morgan fingerprint density at radius 3 is 2.68 bits per heavy atom. The summed E-state index contributed by atoms with van der Waals surface area (Å²) in [4.78, 5) is 30.5. The van der Waals surface area contributed by atoms with Gasteiger partial charge in [-0.2, -0.15) is 0 Å². The van der Waals surface area contributed by atoms with Crippen LogP contribution in [0, 0.1) is 6.92 Å². The number of likely N-dealkylation sites (N-methyl/N-ethyl adjacent to an activating group) is 1. The van der Waals surface area contributed by atoms with Gasteiger partial charge in [-0.25, -0.2) is 4.98 Å². The number of hydrogen-bond acceptors (Lipinski definition) is 4. The average Bonchev–Trinajstić information content (AvgIpc) is 2.48. The maximum absolute atomic E-state index is 12.2. The van der Waals surface area contributed by atoms with Crippen LogP contribution in [-0.2, 0) is 11.2 Å². The molecule has 2 aromatic rings. The van der Waals surface area contributed by atoms with Crippen molar-refractivity contribution in [2.45, 2.75) is 19.4 Å². The summed E-state index contributed by atoms with van der Waals surface area (Å²) in [5.74, 6) is 0.467. The number of amides is 1. The quantitative estimate of drug-likeness (QED) is 0.733. The van der Waals surface area contributed by atoms with E-state index in [1.165, 1.54) is 6.07 Å². The van der Waals surface area contributed by atoms with Gasteiger partial charge in [0.25, 0.3) is 5.56 Å². The summed E-state index contributed by atoms with van der Waals surface area (Å²) in [5, 5.41) is 5.86. The standard InChI is InChI=1S/C16H20N4O2/c1-11-10-14(21)20-13(19-11)8-9-18-16(22)15(17-2)12-6-4-3-5-7-12/h3-7,10,15,17H,8-9H2,1-2H3,(H,18,22)(H,19,20,21)/t15-/m1/s1. The van der Waals surface area contributed by atoms with Crippen LogP contribution in [0.4, 0.5) is 0 Å². The molecule has 0 spiro atoms. The van der Waals surface area contributed by atoms with Crippen molar-refractivity contribution in [2.24, 2.45) is 0 Å². The van der Waals surface area contributed by atoms with Crippen molar-refractivity contribution in [3.63, 3.8) is 0 Å². The lowest BCUT2D eigenvalue weighted by Gasteiger charge is -2.16. The van der Waals surface area contributed by atoms with Crippen LogP contribution in [-0.4, -0.2) is 29.5 Å². The minimum Gasteiger partial charge on any atom is -0.354 e. The molecule has 1 amide bonds. The molecule has 1 heterocycles. The van der Waals surface area contributed by atoms with Gasteiger partial charge in [0.15, 0.2) is 0 Å². The molecule has 1 aromatic heterocycles. The second kappa shape index (κ2) is 7.51. The van der Waals surface area contributed by atoms with E-state index in [-0.39, 0.29) is 11.5 Å². The largest absolute Gasteiger partial charge is 0.354 e. The molecule has 0 unspecified atom stereocenters. The first-order chi connectivity index (χ1) is 10.6. The highest BCUT2D eigenvalue weighted by Gasteiger charge is 2.17. The highest BCUT2D eigenvalue weighted by atomic mass is 16.2. The predicted octanol–water partition coefficient (Wildman–Crippen LogP) is 0.698. The number of nitrogens with zero attached hydrogens (tertiary/aromatic N) is 1. The van der Waals surface area contributed by atoms with Crippen molar-refractivity contribution in [3.05, 3.63) is 63.8 Å². The van der Waals surface area contributed by atoms with Gasteiger partial charge < -0.3 is 15.6 Å². The van der Waals surface area contributed by atoms with Gasteiger partial charge in [0.2, 0.25) is 5.91 Å². The van der Waals surface area contributed by atoms with Crippen molar-refractivity contribution < 1.29 is 4.79 Å². The number of carbonyl (C=O) groups is 1. The minimum atomic E-state index is -0.397. The van der Waals surface area contributed by atoms with Gasteiger partial charge in [0, 0.05) is 24.7 Å². The van der Waals surface area contributed by atoms with Crippen LogP contribution in [0.2, 0.25) is 0 Å². The van der Waals surface area contributed by atoms with Crippen LogP contribution >= 0.6 is 0 Å². The molecule has 0 aliphatic rings. The molecule has 0 aliphatic heterocycles. The summed E-state index contributed by atoms with van der Waals surface area (Å²) >= 11 is 0. The Morgan fingerprint density at radius 2 is 2.05 bits per heavy atom. The van der Waals surface area contributed by atoms with E-state index < -0.39 is 6.04 Å². The normalized spacial score (nSPS) is 11.9. The zero-order valence-corrected chi connectivity index (χ0v) is 12.7. The summed E-state index contributed by atoms with van der Waals surface area (Å²) in [5.41, 5.74) is 1.40. The molecule has 0 saturated carbocycles. The molecule has 3 N–H and O–H groups in total. The zero-order chi connectivity index (χ0) is 15.9. The third-order valence-electron chi connectivity index (χ3n) is 3.26. The number of aromatic amines is 1. The number of nitrogens with one attached hydrogen (secondary N) is 3. The van der Waals surface area contributed by atoms with Gasteiger partial charge in [-0.1, -0.05) is 30.3 Å². The Bertz CT molecular complexity index is 682. The Balaban J connectivity index is 1.93. The second-order valence-electron chi connectivity index (χ2n) is 5.01. The first kappa shape index (κ1) is 15.9. The maximum Gasteiger partial charge on any atom is 0.251 e. The second-order valence-corrected chi connectivity index (χ2v) is 5.01. The molecule has 2 rings (SSSR count). The Hall–Kier alpha value is -2.47. The van der Waals surface area contributed by atoms with Crippen molar-refractivity contribution in [1.82, 2.24) is 20.6 Å². The lowest BCUT2D eigenvalue weighted by molar-refractivity contribution is -0.123. The SMILES string of the molecule is CN[C@@H](C(=O)NCCc1nc(C)cc(=O)[nH]1)c1ccccc1. The monoisotopic (exact) mass is 300 g/mol. The van der Waals surface area contributed by atoms with E-state index in [0.29, 0.717) is 24.5 Å². The van der Waals surface area contributed by atoms with E-state index in [0.717, 1.165) is 5.56 Å². The van der Waals surface area contributed by atoms with Crippen LogP contribution < -0.4 is 16.2 Å². The Morgan fingerprint density at radius 1 is 1.32 bits per heavy atom. The Kier molecular flexibility index (Phi) is 5.43. The molecule has 6 heteroatoms. The molecule has 0 radical (unpaired) electrons. The lowest BCUT2D eigenvalue weighted by Crippen LogP contribution is -2.37. The van der Waals surface area contributed by atoms with Crippen molar-refractivity contribution in [1.29, 1.82) is 0 Å². The van der Waals surface area contributed by atoms with Crippen LogP contribution in [0.3, 0.4) is 0 Å². The summed E-state index contributed by atoms with van der Waals surface area (Å²) in [6.45, 7) is 2.18. The van der Waals surface area contributed by atoms with Gasteiger partial charge >= 0.3 is 0 Å². The van der Waals surface area contributed by atoms with Gasteiger partial charge in [0.1, 0.15) is 11.9 Å². The molecule has 116 valence electrons. The fourth-order valence-corrected chi connectivity index (χ4v) is 2.26. The molecule has 0 fully saturated rings. The van der Waals surface area contributed by atoms with Crippen molar-refractivity contribution in [3.8, 4) is 0 Å². The number of H-pyrrole nitrogens is 1. The highest BCUT2D eigenvalue weighted by Crippen LogP contribution is 2.11. The fraction of sp³-hybridized carbons (Fsp3) is 0.312. The van der Waals surface area contributed by atoms with Crippen LogP contribution in [0.1, 0.15) is 23.1 Å². The average molecular weight is 300 g/mol. The van der Waals surface area contributed by atoms with E-state index in [4.69, 9.17) is 0 Å². The molecule has 0 aliphatic carbocycles. The van der Waals surface area contributed by atoms with Gasteiger partial charge in [-0.05, 0) is 19.5 Å². The van der Waals surface area contributed by atoms with E-state index in [2.05, 4.69) is 20.6 Å². The van der Waals surface area contributed by atoms with Crippen LogP contribution in [0.25, 0.3) is 0 Å². The molecule has 1 atom stereocenters. The topological polar surface area (TPSA) is 86.9 Å². The summed E-state index contributed by atoms with van der Waals surface area (Å²) in [6, 6.07) is 10.6. The fourth-order valence-electron chi connectivity index (χ4n) is 2.26. The van der Waals surface area contributed by atoms with E-state index in [9.17, 15) is 9.59 Å². The number of aromatic nitrogens is 2. The van der Waals surface area contributed by atoms with Crippen LogP contribution in [0.5, 0.6) is 0 Å². The first-order valence-electron chi connectivity index (χ1n) is 7.17. The third-order valence-corrected chi connectivity index (χ3v) is 3.26. The molecule has 6 nitrogen and oxygen atoms in total. The van der Waals surface area contributed by atoms with Crippen LogP contribution in [0.15, 0.2) is 41.2 Å². The minimum absolute atomic E-state index is 0.108. The van der Waals surface area contributed by atoms with E-state index in [1.54, 1.807) is 14.0 Å². The zero-order valence-electron chi connectivity index (χ0n) is 12.7. The summed E-state index contributed by atoms with van der Waals surface area (Å²) in [6.07, 6.45) is 0.480. The van der Waals surface area contributed by atoms with Gasteiger partial charge in [0.05, 0.1) is 0 Å². The molecular formula is C16H20N4O2. The smallest absolute Gasteiger partial charge is 0.251 e. The Labute approximate surface area is 129 Å². The molecular weight excluding hydrogens is 280 g/mol. The lowest BCUT2D eigenvalue weighted by atomic mass is 10.1. The van der Waals surface area contributed by atoms with Gasteiger partial charge in [-0.3, -0.25) is 9.59 Å². The number of carbonyl (C=O) groups excluding carboxylic acids is 1. The van der Waals surface area contributed by atoms with Crippen molar-refractivity contribution >= 4 is 5.91 Å². The first-order valence-corrected chi connectivity index (χ1v) is 7.17. The highest BCUT2D eigenvalue weighted by molar-refractivity contribution is 5.83. The van der Waals surface area contributed by atoms with E-state index in [1.807, 2.05) is 30.3 Å². The number of aryl methyl sites for hydroxylation is 1. The molecule has 22 heavy (non-hydrogen) atoms. The van der Waals surface area contributed by atoms with E-state index >= 15 is 0 Å². The number of rotatable bonds is 6. The van der Waals surface area contributed by atoms with Crippen molar-refractivity contribution in [2.75, 3.05) is 13.6 Å². The third kappa shape index (κ3) is 4.26. The maximum atomic E-state index is 12.2. The summed E-state index contributed by atoms with van der Waals surface area (Å²) < 4.78 is 0. The number of benzene rings is 1. The molecule has 0 bridgehead atoms.